The van der Waals surface area contributed by atoms with Gasteiger partial charge in [-0.25, -0.2) is 0 Å². The summed E-state index contributed by atoms with van der Waals surface area (Å²) in [6.45, 7) is 8.37. The van der Waals surface area contributed by atoms with E-state index in [1.54, 1.807) is 6.92 Å². The van der Waals surface area contributed by atoms with Crippen molar-refractivity contribution in [3.05, 3.63) is 29.8 Å². The van der Waals surface area contributed by atoms with Gasteiger partial charge < -0.3 is 10.1 Å². The molecule has 3 nitrogen and oxygen atoms in total. The van der Waals surface area contributed by atoms with Crippen molar-refractivity contribution >= 4 is 5.78 Å². The van der Waals surface area contributed by atoms with Crippen molar-refractivity contribution in [1.29, 1.82) is 0 Å². The zero-order chi connectivity index (χ0) is 13.5. The van der Waals surface area contributed by atoms with Crippen molar-refractivity contribution in [1.82, 2.24) is 5.32 Å². The zero-order valence-electron chi connectivity index (χ0n) is 11.7. The topological polar surface area (TPSA) is 38.3 Å². The lowest BCUT2D eigenvalue weighted by Gasteiger charge is -2.18. The maximum Gasteiger partial charge on any atom is 0.147 e. The molecular formula is C15H23NO2. The summed E-state index contributed by atoms with van der Waals surface area (Å²) in [7, 11) is 0. The number of carbonyl (C=O) groups excluding carboxylic acids is 1. The fourth-order valence-electron chi connectivity index (χ4n) is 1.85. The molecule has 0 unspecified atom stereocenters. The minimum Gasteiger partial charge on any atom is -0.494 e. The number of hydrogen-bond donors (Lipinski definition) is 1. The third-order valence-corrected chi connectivity index (χ3v) is 2.70. The Morgan fingerprint density at radius 3 is 2.33 bits per heavy atom. The normalized spacial score (nSPS) is 12.5. The van der Waals surface area contributed by atoms with Crippen LogP contribution in [0.15, 0.2) is 24.3 Å². The highest BCUT2D eigenvalue weighted by Gasteiger charge is 2.15. The van der Waals surface area contributed by atoms with Gasteiger partial charge in [0.1, 0.15) is 11.5 Å². The number of ether oxygens (including phenoxy) is 1. The van der Waals surface area contributed by atoms with Crippen molar-refractivity contribution in [2.75, 3.05) is 6.61 Å². The van der Waals surface area contributed by atoms with Crippen LogP contribution < -0.4 is 10.1 Å². The number of ketones is 1. The van der Waals surface area contributed by atoms with E-state index >= 15 is 0 Å². The third kappa shape index (κ3) is 4.88. The van der Waals surface area contributed by atoms with Crippen LogP contribution in [-0.2, 0) is 11.2 Å². The molecule has 1 rings (SSSR count). The highest BCUT2D eigenvalue weighted by Crippen LogP contribution is 2.13. The molecule has 0 fully saturated rings. The van der Waals surface area contributed by atoms with Gasteiger partial charge in [0.15, 0.2) is 0 Å². The van der Waals surface area contributed by atoms with Gasteiger partial charge in [-0.15, -0.1) is 0 Å². The molecule has 1 aromatic rings. The first-order valence-electron chi connectivity index (χ1n) is 6.51. The van der Waals surface area contributed by atoms with Gasteiger partial charge in [-0.3, -0.25) is 4.79 Å². The molecule has 3 heteroatoms. The molecule has 0 aliphatic carbocycles. The minimum absolute atomic E-state index is 0.108. The highest BCUT2D eigenvalue weighted by atomic mass is 16.5. The molecule has 0 heterocycles. The second kappa shape index (κ2) is 7.17. The van der Waals surface area contributed by atoms with Crippen LogP contribution in [0.2, 0.25) is 0 Å². The predicted octanol–water partition coefficient (Wildman–Crippen LogP) is 2.58. The van der Waals surface area contributed by atoms with Gasteiger partial charge in [0, 0.05) is 6.04 Å². The summed E-state index contributed by atoms with van der Waals surface area (Å²) < 4.78 is 5.40. The fourth-order valence-corrected chi connectivity index (χ4v) is 1.85. The Kier molecular flexibility index (Phi) is 5.86. The number of nitrogens with one attached hydrogen (secondary N) is 1. The Bertz CT molecular complexity index is 371. The molecule has 1 atom stereocenters. The van der Waals surface area contributed by atoms with Crippen molar-refractivity contribution < 1.29 is 9.53 Å². The zero-order valence-corrected chi connectivity index (χ0v) is 11.7. The molecule has 0 saturated heterocycles. The highest BCUT2D eigenvalue weighted by molar-refractivity contribution is 5.81. The second-order valence-corrected chi connectivity index (χ2v) is 4.77. The fraction of sp³-hybridized carbons (Fsp3) is 0.533. The lowest BCUT2D eigenvalue weighted by atomic mass is 10.0. The Balaban J connectivity index is 2.66. The maximum absolute atomic E-state index is 11.6. The number of hydrogen-bond acceptors (Lipinski definition) is 3. The van der Waals surface area contributed by atoms with Gasteiger partial charge in [-0.2, -0.15) is 0 Å². The van der Waals surface area contributed by atoms with Gasteiger partial charge in [0.05, 0.1) is 12.6 Å². The van der Waals surface area contributed by atoms with E-state index in [0.29, 0.717) is 12.6 Å². The molecule has 0 bridgehead atoms. The molecule has 0 amide bonds. The van der Waals surface area contributed by atoms with Crippen LogP contribution in [0.4, 0.5) is 0 Å². The van der Waals surface area contributed by atoms with Crippen LogP contribution in [0.3, 0.4) is 0 Å². The minimum atomic E-state index is -0.108. The largest absolute Gasteiger partial charge is 0.494 e. The lowest BCUT2D eigenvalue weighted by molar-refractivity contribution is -0.119. The van der Waals surface area contributed by atoms with Crippen LogP contribution in [0, 0.1) is 0 Å². The molecule has 0 saturated carbocycles. The van der Waals surface area contributed by atoms with Crippen LogP contribution in [0.1, 0.15) is 33.3 Å². The standard InChI is InChI=1S/C15H23NO2/c1-5-18-14-8-6-13(7-9-14)10-15(12(4)17)16-11(2)3/h6-9,11,15-16H,5,10H2,1-4H3/t15-/m0/s1. The summed E-state index contributed by atoms with van der Waals surface area (Å²) >= 11 is 0. The van der Waals surface area contributed by atoms with Gasteiger partial charge >= 0.3 is 0 Å². The first-order valence-corrected chi connectivity index (χ1v) is 6.51. The summed E-state index contributed by atoms with van der Waals surface area (Å²) in [5, 5.41) is 3.29. The van der Waals surface area contributed by atoms with Gasteiger partial charge in [0.25, 0.3) is 0 Å². The van der Waals surface area contributed by atoms with Gasteiger partial charge in [-0.05, 0) is 38.0 Å². The second-order valence-electron chi connectivity index (χ2n) is 4.77. The molecule has 0 radical (unpaired) electrons. The summed E-state index contributed by atoms with van der Waals surface area (Å²) in [6.07, 6.45) is 0.722. The van der Waals surface area contributed by atoms with Crippen LogP contribution >= 0.6 is 0 Å². The summed E-state index contributed by atoms with van der Waals surface area (Å²) in [5.74, 6) is 1.05. The number of Topliss-reactive ketones (excluding diaryl/α,β-unsaturated/α-hetero) is 1. The average Bonchev–Trinajstić information content (AvgIpc) is 2.30. The molecule has 0 aliphatic rings. The summed E-state index contributed by atoms with van der Waals surface area (Å²) in [5.41, 5.74) is 1.15. The third-order valence-electron chi connectivity index (χ3n) is 2.70. The number of rotatable bonds is 7. The first-order chi connectivity index (χ1) is 8.52. The molecule has 0 aliphatic heterocycles. The van der Waals surface area contributed by atoms with E-state index in [1.807, 2.05) is 45.0 Å². The van der Waals surface area contributed by atoms with Crippen molar-refractivity contribution in [3.8, 4) is 5.75 Å². The summed E-state index contributed by atoms with van der Waals surface area (Å²) in [6, 6.07) is 8.13. The lowest BCUT2D eigenvalue weighted by Crippen LogP contribution is -2.41. The Labute approximate surface area is 110 Å². The van der Waals surface area contributed by atoms with E-state index < -0.39 is 0 Å². The quantitative estimate of drug-likeness (QED) is 0.807. The van der Waals surface area contributed by atoms with Crippen molar-refractivity contribution in [2.24, 2.45) is 0 Å². The monoisotopic (exact) mass is 249 g/mol. The molecule has 100 valence electrons. The molecule has 0 aromatic heterocycles. The van der Waals surface area contributed by atoms with E-state index in [9.17, 15) is 4.79 Å². The maximum atomic E-state index is 11.6. The van der Waals surface area contributed by atoms with Crippen LogP contribution in [0.25, 0.3) is 0 Å². The average molecular weight is 249 g/mol. The summed E-state index contributed by atoms with van der Waals surface area (Å²) in [4.78, 5) is 11.6. The Morgan fingerprint density at radius 2 is 1.89 bits per heavy atom. The van der Waals surface area contributed by atoms with E-state index in [1.165, 1.54) is 0 Å². The molecule has 1 N–H and O–H groups in total. The van der Waals surface area contributed by atoms with E-state index in [2.05, 4.69) is 5.32 Å². The smallest absolute Gasteiger partial charge is 0.147 e. The Morgan fingerprint density at radius 1 is 1.28 bits per heavy atom. The molecular weight excluding hydrogens is 226 g/mol. The van der Waals surface area contributed by atoms with Crippen molar-refractivity contribution in [2.45, 2.75) is 46.2 Å². The van der Waals surface area contributed by atoms with Crippen LogP contribution in [0.5, 0.6) is 5.75 Å². The Hall–Kier alpha value is -1.35. The first kappa shape index (κ1) is 14.7. The number of carbonyl (C=O) groups is 1. The van der Waals surface area contributed by atoms with Crippen LogP contribution in [-0.4, -0.2) is 24.5 Å². The number of benzene rings is 1. The predicted molar refractivity (Wildman–Crippen MR) is 74.1 cm³/mol. The molecule has 0 spiro atoms. The molecule has 1 aromatic carbocycles. The van der Waals surface area contributed by atoms with Gasteiger partial charge in [-0.1, -0.05) is 26.0 Å². The van der Waals surface area contributed by atoms with Crippen molar-refractivity contribution in [3.63, 3.8) is 0 Å². The van der Waals surface area contributed by atoms with E-state index in [4.69, 9.17) is 4.74 Å². The van der Waals surface area contributed by atoms with E-state index in [0.717, 1.165) is 17.7 Å². The van der Waals surface area contributed by atoms with E-state index in [-0.39, 0.29) is 11.8 Å². The SMILES string of the molecule is CCOc1ccc(C[C@H](NC(C)C)C(C)=O)cc1. The van der Waals surface area contributed by atoms with Gasteiger partial charge in [0.2, 0.25) is 0 Å². The molecule has 18 heavy (non-hydrogen) atoms.